The molecule has 0 aromatic heterocycles. The van der Waals surface area contributed by atoms with Crippen molar-refractivity contribution in [1.82, 2.24) is 0 Å². The third-order valence-electron chi connectivity index (χ3n) is 4.36. The van der Waals surface area contributed by atoms with Crippen LogP contribution in [-0.2, 0) is 0 Å². The number of hydrazone groups is 1. The predicted molar refractivity (Wildman–Crippen MR) is 106 cm³/mol. The molecule has 4 rings (SSSR count). The maximum absolute atomic E-state index is 6.46. The largest absolute Gasteiger partial charge is 0.256 e. The highest BCUT2D eigenvalue weighted by Crippen LogP contribution is 2.40. The Hall–Kier alpha value is -2.29. The second-order valence-corrected chi connectivity index (χ2v) is 6.83. The smallest absolute Gasteiger partial charge is 0.0832 e. The summed E-state index contributed by atoms with van der Waals surface area (Å²) in [4.78, 5) is 0. The number of anilines is 1. The Morgan fingerprint density at radius 1 is 0.840 bits per heavy atom. The quantitative estimate of drug-likeness (QED) is 0.527. The number of benzene rings is 3. The van der Waals surface area contributed by atoms with E-state index >= 15 is 0 Å². The highest BCUT2D eigenvalue weighted by atomic mass is 35.5. The van der Waals surface area contributed by atoms with Gasteiger partial charge in [-0.05, 0) is 29.3 Å². The van der Waals surface area contributed by atoms with E-state index in [9.17, 15) is 0 Å². The maximum Gasteiger partial charge on any atom is 0.0832 e. The second kappa shape index (κ2) is 6.91. The number of hydrogen-bond acceptors (Lipinski definition) is 2. The normalized spacial score (nSPS) is 16.8. The van der Waals surface area contributed by atoms with Gasteiger partial charge in [-0.25, -0.2) is 0 Å². The van der Waals surface area contributed by atoms with E-state index in [1.807, 2.05) is 41.4 Å². The van der Waals surface area contributed by atoms with Gasteiger partial charge < -0.3 is 0 Å². The van der Waals surface area contributed by atoms with E-state index in [1.165, 1.54) is 5.56 Å². The number of rotatable bonds is 3. The summed E-state index contributed by atoms with van der Waals surface area (Å²) in [5, 5.41) is 8.13. The average Bonchev–Trinajstić information content (AvgIpc) is 3.08. The second-order valence-electron chi connectivity index (χ2n) is 5.98. The van der Waals surface area contributed by atoms with Crippen LogP contribution in [0.1, 0.15) is 23.6 Å². The zero-order chi connectivity index (χ0) is 17.2. The van der Waals surface area contributed by atoms with Crippen molar-refractivity contribution in [1.29, 1.82) is 0 Å². The first kappa shape index (κ1) is 16.2. The molecule has 25 heavy (non-hydrogen) atoms. The maximum atomic E-state index is 6.46. The van der Waals surface area contributed by atoms with E-state index in [1.54, 1.807) is 6.07 Å². The fourth-order valence-electron chi connectivity index (χ4n) is 3.14. The van der Waals surface area contributed by atoms with Crippen LogP contribution in [0.5, 0.6) is 0 Å². The lowest BCUT2D eigenvalue weighted by Crippen LogP contribution is -2.18. The number of nitrogens with zero attached hydrogens (tertiary/aromatic N) is 2. The molecule has 1 aliphatic rings. The summed E-state index contributed by atoms with van der Waals surface area (Å²) in [7, 11) is 0. The SMILES string of the molecule is Clc1ccc(N2N=C(c3ccccc3)C[C@H]2c2ccccc2)c(Cl)c1. The summed E-state index contributed by atoms with van der Waals surface area (Å²) in [6.45, 7) is 0. The van der Waals surface area contributed by atoms with E-state index in [0.29, 0.717) is 10.0 Å². The highest BCUT2D eigenvalue weighted by Gasteiger charge is 2.30. The van der Waals surface area contributed by atoms with Crippen molar-refractivity contribution in [3.05, 3.63) is 100 Å². The molecule has 1 atom stereocenters. The molecule has 0 N–H and O–H groups in total. The van der Waals surface area contributed by atoms with Crippen LogP contribution < -0.4 is 5.01 Å². The van der Waals surface area contributed by atoms with Crippen LogP contribution in [0.2, 0.25) is 10.0 Å². The molecule has 0 aliphatic carbocycles. The summed E-state index contributed by atoms with van der Waals surface area (Å²) in [5.41, 5.74) is 4.27. The third-order valence-corrected chi connectivity index (χ3v) is 4.90. The topological polar surface area (TPSA) is 15.6 Å². The van der Waals surface area contributed by atoms with Gasteiger partial charge in [-0.15, -0.1) is 0 Å². The minimum Gasteiger partial charge on any atom is -0.256 e. The van der Waals surface area contributed by atoms with Crippen molar-refractivity contribution in [3.63, 3.8) is 0 Å². The Labute approximate surface area is 157 Å². The number of hydrogen-bond donors (Lipinski definition) is 0. The lowest BCUT2D eigenvalue weighted by molar-refractivity contribution is 0.709. The zero-order valence-corrected chi connectivity index (χ0v) is 15.0. The van der Waals surface area contributed by atoms with Gasteiger partial charge in [0.15, 0.2) is 0 Å². The van der Waals surface area contributed by atoms with E-state index in [2.05, 4.69) is 36.4 Å². The minimum absolute atomic E-state index is 0.107. The molecule has 0 fully saturated rings. The molecule has 1 heterocycles. The summed E-state index contributed by atoms with van der Waals surface area (Å²) in [5.74, 6) is 0. The summed E-state index contributed by atoms with van der Waals surface area (Å²) in [6.07, 6.45) is 0.826. The first-order valence-electron chi connectivity index (χ1n) is 8.14. The monoisotopic (exact) mass is 366 g/mol. The van der Waals surface area contributed by atoms with Gasteiger partial charge in [0.05, 0.1) is 22.5 Å². The Balaban J connectivity index is 1.79. The molecule has 0 saturated heterocycles. The molecule has 1 aliphatic heterocycles. The van der Waals surface area contributed by atoms with Crippen molar-refractivity contribution in [2.24, 2.45) is 5.10 Å². The molecule has 0 saturated carbocycles. The molecule has 0 amide bonds. The van der Waals surface area contributed by atoms with Gasteiger partial charge in [-0.3, -0.25) is 5.01 Å². The third kappa shape index (κ3) is 3.28. The van der Waals surface area contributed by atoms with Crippen molar-refractivity contribution < 1.29 is 0 Å². The van der Waals surface area contributed by atoms with Crippen LogP contribution >= 0.6 is 23.2 Å². The summed E-state index contributed by atoms with van der Waals surface area (Å²) >= 11 is 12.5. The fraction of sp³-hybridized carbons (Fsp3) is 0.0952. The van der Waals surface area contributed by atoms with Crippen molar-refractivity contribution in [3.8, 4) is 0 Å². The van der Waals surface area contributed by atoms with Crippen LogP contribution in [0.25, 0.3) is 0 Å². The lowest BCUT2D eigenvalue weighted by atomic mass is 9.98. The minimum atomic E-state index is 0.107. The number of halogens is 2. The van der Waals surface area contributed by atoms with Crippen LogP contribution in [0.4, 0.5) is 5.69 Å². The molecular formula is C21H16Cl2N2. The van der Waals surface area contributed by atoms with Gasteiger partial charge in [0.2, 0.25) is 0 Å². The first-order valence-corrected chi connectivity index (χ1v) is 8.90. The van der Waals surface area contributed by atoms with Crippen molar-refractivity contribution >= 4 is 34.6 Å². The zero-order valence-electron chi connectivity index (χ0n) is 13.4. The highest BCUT2D eigenvalue weighted by molar-refractivity contribution is 6.36. The lowest BCUT2D eigenvalue weighted by Gasteiger charge is -2.25. The fourth-order valence-corrected chi connectivity index (χ4v) is 3.63. The molecule has 2 nitrogen and oxygen atoms in total. The van der Waals surface area contributed by atoms with Crippen LogP contribution in [0, 0.1) is 0 Å². The average molecular weight is 367 g/mol. The van der Waals surface area contributed by atoms with Gasteiger partial charge in [0.25, 0.3) is 0 Å². The van der Waals surface area contributed by atoms with E-state index in [-0.39, 0.29) is 6.04 Å². The first-order chi connectivity index (χ1) is 12.2. The molecule has 0 spiro atoms. The standard InChI is InChI=1S/C21H16Cl2N2/c22-17-11-12-20(18(23)13-17)25-21(16-9-5-2-6-10-16)14-19(24-25)15-7-3-1-4-8-15/h1-13,21H,14H2/t21-/m0/s1. The molecular weight excluding hydrogens is 351 g/mol. The molecule has 3 aromatic rings. The molecule has 3 aromatic carbocycles. The molecule has 4 heteroatoms. The Kier molecular flexibility index (Phi) is 4.48. The van der Waals surface area contributed by atoms with Gasteiger partial charge in [0.1, 0.15) is 0 Å². The van der Waals surface area contributed by atoms with Crippen molar-refractivity contribution in [2.75, 3.05) is 5.01 Å². The van der Waals surface area contributed by atoms with Crippen LogP contribution in [0.15, 0.2) is 84.0 Å². The molecule has 0 bridgehead atoms. The summed E-state index contributed by atoms with van der Waals surface area (Å²) in [6, 6.07) is 26.3. The molecule has 124 valence electrons. The summed E-state index contributed by atoms with van der Waals surface area (Å²) < 4.78 is 0. The van der Waals surface area contributed by atoms with Crippen molar-refractivity contribution in [2.45, 2.75) is 12.5 Å². The van der Waals surface area contributed by atoms with E-state index in [4.69, 9.17) is 28.3 Å². The predicted octanol–water partition coefficient (Wildman–Crippen LogP) is 6.35. The van der Waals surface area contributed by atoms with Gasteiger partial charge >= 0.3 is 0 Å². The van der Waals surface area contributed by atoms with Gasteiger partial charge in [-0.1, -0.05) is 83.9 Å². The van der Waals surface area contributed by atoms with E-state index in [0.717, 1.165) is 23.4 Å². The van der Waals surface area contributed by atoms with E-state index < -0.39 is 0 Å². The Bertz CT molecular complexity index is 908. The van der Waals surface area contributed by atoms with Gasteiger partial charge in [-0.2, -0.15) is 5.10 Å². The molecule has 0 radical (unpaired) electrons. The Morgan fingerprint density at radius 2 is 1.52 bits per heavy atom. The van der Waals surface area contributed by atoms with Crippen LogP contribution in [-0.4, -0.2) is 5.71 Å². The Morgan fingerprint density at radius 3 is 2.20 bits per heavy atom. The van der Waals surface area contributed by atoms with Crippen LogP contribution in [0.3, 0.4) is 0 Å². The van der Waals surface area contributed by atoms with Gasteiger partial charge in [0, 0.05) is 11.4 Å². The molecule has 0 unspecified atom stereocenters.